The number of aliphatic hydroxyl groups is 1. The molecule has 0 spiro atoms. The highest BCUT2D eigenvalue weighted by molar-refractivity contribution is 5.55. The lowest BCUT2D eigenvalue weighted by molar-refractivity contribution is 0.0947. The number of hydrogen-bond acceptors (Lipinski definition) is 3. The van der Waals surface area contributed by atoms with E-state index < -0.39 is 0 Å². The zero-order valence-corrected chi connectivity index (χ0v) is 13.9. The SMILES string of the molecule is CN(C[C@H](O)CN1CCCc2ccccc21)C1CCCCC1. The predicted octanol–water partition coefficient (Wildman–Crippen LogP) is 3.06. The van der Waals surface area contributed by atoms with E-state index in [4.69, 9.17) is 0 Å². The fraction of sp³-hybridized carbons (Fsp3) is 0.684. The second-order valence-corrected chi connectivity index (χ2v) is 7.06. The maximum atomic E-state index is 10.5. The van der Waals surface area contributed by atoms with E-state index in [0.29, 0.717) is 6.04 Å². The molecule has 1 saturated carbocycles. The molecule has 22 heavy (non-hydrogen) atoms. The van der Waals surface area contributed by atoms with Gasteiger partial charge in [0, 0.05) is 31.4 Å². The lowest BCUT2D eigenvalue weighted by Gasteiger charge is -2.36. The van der Waals surface area contributed by atoms with Crippen LogP contribution in [0.4, 0.5) is 5.69 Å². The number of anilines is 1. The van der Waals surface area contributed by atoms with Gasteiger partial charge in [0.05, 0.1) is 6.10 Å². The van der Waals surface area contributed by atoms with Crippen LogP contribution in [0.2, 0.25) is 0 Å². The molecule has 3 heteroatoms. The zero-order valence-electron chi connectivity index (χ0n) is 13.9. The van der Waals surface area contributed by atoms with Gasteiger partial charge >= 0.3 is 0 Å². The van der Waals surface area contributed by atoms with Crippen LogP contribution in [0.3, 0.4) is 0 Å². The molecule has 1 aliphatic heterocycles. The quantitative estimate of drug-likeness (QED) is 0.905. The first kappa shape index (κ1) is 15.8. The van der Waals surface area contributed by atoms with Crippen LogP contribution in [0.1, 0.15) is 44.1 Å². The summed E-state index contributed by atoms with van der Waals surface area (Å²) >= 11 is 0. The van der Waals surface area contributed by atoms with Gasteiger partial charge in [0.15, 0.2) is 0 Å². The van der Waals surface area contributed by atoms with Crippen LogP contribution in [-0.4, -0.2) is 48.8 Å². The molecule has 1 heterocycles. The molecule has 3 rings (SSSR count). The average Bonchev–Trinajstić information content (AvgIpc) is 2.56. The third kappa shape index (κ3) is 3.82. The Morgan fingerprint density at radius 1 is 1.18 bits per heavy atom. The molecule has 1 atom stereocenters. The van der Waals surface area contributed by atoms with Crippen LogP contribution in [0.15, 0.2) is 24.3 Å². The lowest BCUT2D eigenvalue weighted by atomic mass is 9.94. The molecular weight excluding hydrogens is 272 g/mol. The van der Waals surface area contributed by atoms with Crippen LogP contribution < -0.4 is 4.90 Å². The summed E-state index contributed by atoms with van der Waals surface area (Å²) in [4.78, 5) is 4.76. The zero-order chi connectivity index (χ0) is 15.4. The summed E-state index contributed by atoms with van der Waals surface area (Å²) in [5.41, 5.74) is 2.76. The second-order valence-electron chi connectivity index (χ2n) is 7.06. The van der Waals surface area contributed by atoms with Crippen molar-refractivity contribution in [3.63, 3.8) is 0 Å². The van der Waals surface area contributed by atoms with Gasteiger partial charge < -0.3 is 14.9 Å². The number of nitrogens with zero attached hydrogens (tertiary/aromatic N) is 2. The molecule has 0 saturated heterocycles. The Kier molecular flexibility index (Phi) is 5.37. The Hall–Kier alpha value is -1.06. The van der Waals surface area contributed by atoms with Crippen molar-refractivity contribution in [3.8, 4) is 0 Å². The summed E-state index contributed by atoms with van der Waals surface area (Å²) in [6.07, 6.45) is 8.79. The van der Waals surface area contributed by atoms with Gasteiger partial charge in [-0.05, 0) is 44.4 Å². The van der Waals surface area contributed by atoms with E-state index in [2.05, 4.69) is 41.1 Å². The highest BCUT2D eigenvalue weighted by atomic mass is 16.3. The van der Waals surface area contributed by atoms with Crippen molar-refractivity contribution < 1.29 is 5.11 Å². The Morgan fingerprint density at radius 2 is 1.95 bits per heavy atom. The molecule has 1 fully saturated rings. The number of hydrogen-bond donors (Lipinski definition) is 1. The normalized spacial score (nSPS) is 21.0. The molecule has 0 radical (unpaired) electrons. The number of rotatable bonds is 5. The van der Waals surface area contributed by atoms with Crippen LogP contribution >= 0.6 is 0 Å². The van der Waals surface area contributed by atoms with Gasteiger partial charge in [0.1, 0.15) is 0 Å². The third-order valence-electron chi connectivity index (χ3n) is 5.33. The van der Waals surface area contributed by atoms with Crippen molar-refractivity contribution in [2.75, 3.05) is 31.6 Å². The average molecular weight is 302 g/mol. The van der Waals surface area contributed by atoms with E-state index in [1.54, 1.807) is 0 Å². The van der Waals surface area contributed by atoms with E-state index in [1.807, 2.05) is 0 Å². The number of aliphatic hydroxyl groups excluding tert-OH is 1. The summed E-state index contributed by atoms with van der Waals surface area (Å²) in [6.45, 7) is 2.62. The van der Waals surface area contributed by atoms with E-state index in [1.165, 1.54) is 56.2 Å². The summed E-state index contributed by atoms with van der Waals surface area (Å²) in [7, 11) is 2.18. The maximum absolute atomic E-state index is 10.5. The first-order chi connectivity index (χ1) is 10.7. The van der Waals surface area contributed by atoms with Crippen LogP contribution in [0, 0.1) is 0 Å². The minimum Gasteiger partial charge on any atom is -0.390 e. The molecule has 0 unspecified atom stereocenters. The topological polar surface area (TPSA) is 26.7 Å². The number of fused-ring (bicyclic) bond motifs is 1. The van der Waals surface area contributed by atoms with Gasteiger partial charge in [0.2, 0.25) is 0 Å². The van der Waals surface area contributed by atoms with Crippen molar-refractivity contribution >= 4 is 5.69 Å². The second kappa shape index (κ2) is 7.47. The van der Waals surface area contributed by atoms with Gasteiger partial charge in [0.25, 0.3) is 0 Å². The van der Waals surface area contributed by atoms with E-state index in [-0.39, 0.29) is 6.10 Å². The number of benzene rings is 1. The van der Waals surface area contributed by atoms with Crippen molar-refractivity contribution in [1.82, 2.24) is 4.90 Å². The van der Waals surface area contributed by atoms with Crippen molar-refractivity contribution in [3.05, 3.63) is 29.8 Å². The van der Waals surface area contributed by atoms with Gasteiger partial charge in [-0.1, -0.05) is 37.5 Å². The summed E-state index contributed by atoms with van der Waals surface area (Å²) in [5.74, 6) is 0. The standard InChI is InChI=1S/C19H30N2O/c1-20(17-10-3-2-4-11-17)14-18(22)15-21-13-7-9-16-8-5-6-12-19(16)21/h5-6,8,12,17-18,22H,2-4,7,9-11,13-15H2,1H3/t18-/m0/s1. The monoisotopic (exact) mass is 302 g/mol. The van der Waals surface area contributed by atoms with E-state index in [0.717, 1.165) is 19.6 Å². The molecule has 1 aromatic rings. The molecule has 2 aliphatic rings. The van der Waals surface area contributed by atoms with Crippen molar-refractivity contribution in [2.24, 2.45) is 0 Å². The predicted molar refractivity (Wildman–Crippen MR) is 92.5 cm³/mol. The van der Waals surface area contributed by atoms with Gasteiger partial charge in [-0.3, -0.25) is 0 Å². The van der Waals surface area contributed by atoms with Gasteiger partial charge in [-0.15, -0.1) is 0 Å². The molecular formula is C19H30N2O. The first-order valence-corrected chi connectivity index (χ1v) is 8.95. The number of aryl methyl sites for hydroxylation is 1. The Labute approximate surface area is 134 Å². The molecule has 0 amide bonds. The largest absolute Gasteiger partial charge is 0.390 e. The molecule has 0 bridgehead atoms. The van der Waals surface area contributed by atoms with E-state index in [9.17, 15) is 5.11 Å². The minimum absolute atomic E-state index is 0.266. The fourth-order valence-corrected chi connectivity index (χ4v) is 4.12. The summed E-state index contributed by atoms with van der Waals surface area (Å²) in [6, 6.07) is 9.33. The third-order valence-corrected chi connectivity index (χ3v) is 5.33. The van der Waals surface area contributed by atoms with Crippen LogP contribution in [0.25, 0.3) is 0 Å². The molecule has 1 aromatic carbocycles. The highest BCUT2D eigenvalue weighted by Gasteiger charge is 2.23. The lowest BCUT2D eigenvalue weighted by Crippen LogP contribution is -2.44. The summed E-state index contributed by atoms with van der Waals surface area (Å²) < 4.78 is 0. The van der Waals surface area contributed by atoms with Crippen LogP contribution in [-0.2, 0) is 6.42 Å². The van der Waals surface area contributed by atoms with E-state index >= 15 is 0 Å². The first-order valence-electron chi connectivity index (χ1n) is 8.95. The molecule has 1 N–H and O–H groups in total. The number of para-hydroxylation sites is 1. The molecule has 1 aliphatic carbocycles. The van der Waals surface area contributed by atoms with Crippen molar-refractivity contribution in [1.29, 1.82) is 0 Å². The number of β-amino-alcohol motifs (C(OH)–C–C–N with tert-alkyl or cyclic N) is 1. The Morgan fingerprint density at radius 3 is 2.77 bits per heavy atom. The molecule has 3 nitrogen and oxygen atoms in total. The minimum atomic E-state index is -0.266. The Balaban J connectivity index is 1.54. The fourth-order valence-electron chi connectivity index (χ4n) is 4.12. The van der Waals surface area contributed by atoms with Crippen molar-refractivity contribution in [2.45, 2.75) is 57.1 Å². The Bertz CT molecular complexity index is 470. The van der Waals surface area contributed by atoms with Gasteiger partial charge in [-0.2, -0.15) is 0 Å². The summed E-state index contributed by atoms with van der Waals surface area (Å²) in [5, 5.41) is 10.5. The molecule has 122 valence electrons. The number of likely N-dealkylation sites (N-methyl/N-ethyl adjacent to an activating group) is 1. The highest BCUT2D eigenvalue weighted by Crippen LogP contribution is 2.27. The van der Waals surface area contributed by atoms with Gasteiger partial charge in [-0.25, -0.2) is 0 Å². The smallest absolute Gasteiger partial charge is 0.0841 e. The molecule has 0 aromatic heterocycles. The van der Waals surface area contributed by atoms with Crippen LogP contribution in [0.5, 0.6) is 0 Å². The maximum Gasteiger partial charge on any atom is 0.0841 e.